The molecule has 0 bridgehead atoms. The maximum absolute atomic E-state index is 13.7. The van der Waals surface area contributed by atoms with E-state index in [0.717, 1.165) is 19.5 Å². The van der Waals surface area contributed by atoms with Crippen LogP contribution in [0, 0.1) is 11.2 Å². The third-order valence-corrected chi connectivity index (χ3v) is 7.45. The van der Waals surface area contributed by atoms with Crippen LogP contribution in [0.2, 0.25) is 0 Å². The largest absolute Gasteiger partial charge is 0.378 e. The summed E-state index contributed by atoms with van der Waals surface area (Å²) in [5.74, 6) is 0.565. The zero-order valence-electron chi connectivity index (χ0n) is 23.5. The van der Waals surface area contributed by atoms with E-state index in [1.807, 2.05) is 19.5 Å². The number of nitrogens with zero attached hydrogens (tertiary/aromatic N) is 6. The first-order valence-electron chi connectivity index (χ1n) is 14.1. The highest BCUT2D eigenvalue weighted by Gasteiger charge is 2.43. The van der Waals surface area contributed by atoms with Crippen LogP contribution in [0.15, 0.2) is 41.5 Å². The molecule has 42 heavy (non-hydrogen) atoms. The molecule has 0 saturated carbocycles. The van der Waals surface area contributed by atoms with Crippen molar-refractivity contribution in [2.75, 3.05) is 64.5 Å². The first kappa shape index (κ1) is 28.1. The van der Waals surface area contributed by atoms with Crippen LogP contribution in [0.5, 0.6) is 0 Å². The van der Waals surface area contributed by atoms with Crippen molar-refractivity contribution >= 4 is 24.4 Å². The Morgan fingerprint density at radius 3 is 2.69 bits per heavy atom. The average molecular weight is 578 g/mol. The molecule has 1 aromatic carbocycles. The first-order valence-corrected chi connectivity index (χ1v) is 14.1. The number of benzene rings is 1. The Kier molecular flexibility index (Phi) is 8.31. The van der Waals surface area contributed by atoms with Crippen molar-refractivity contribution in [3.63, 3.8) is 0 Å². The minimum Gasteiger partial charge on any atom is -0.378 e. The van der Waals surface area contributed by atoms with Gasteiger partial charge >= 0.3 is 0 Å². The summed E-state index contributed by atoms with van der Waals surface area (Å²) < 4.78 is 33.4. The second-order valence-electron chi connectivity index (χ2n) is 10.8. The maximum atomic E-state index is 13.7. The Bertz CT molecular complexity index is 1460. The minimum atomic E-state index is -0.811. The van der Waals surface area contributed by atoms with Crippen LogP contribution >= 0.6 is 0 Å². The van der Waals surface area contributed by atoms with E-state index >= 15 is 0 Å². The lowest BCUT2D eigenvalue weighted by Gasteiger charge is -2.39. The fraction of sp³-hybridized carbons (Fsp3) is 0.448. The number of H-pyrrole nitrogens is 1. The highest BCUT2D eigenvalue weighted by molar-refractivity contribution is 5.83. The third kappa shape index (κ3) is 6.22. The van der Waals surface area contributed by atoms with Crippen molar-refractivity contribution in [3.8, 4) is 22.6 Å². The number of aromatic nitrogens is 4. The normalized spacial score (nSPS) is 22.3. The summed E-state index contributed by atoms with van der Waals surface area (Å²) in [6.07, 6.45) is 5.48. The van der Waals surface area contributed by atoms with E-state index < -0.39 is 11.7 Å². The van der Waals surface area contributed by atoms with Crippen molar-refractivity contribution in [1.82, 2.24) is 24.8 Å². The molecule has 2 N–H and O–H groups in total. The van der Waals surface area contributed by atoms with Gasteiger partial charge < -0.3 is 29.4 Å². The van der Waals surface area contributed by atoms with Gasteiger partial charge in [0.15, 0.2) is 12.0 Å². The number of hydrogen-bond donors (Lipinski definition) is 2. The van der Waals surface area contributed by atoms with Gasteiger partial charge in [-0.05, 0) is 37.3 Å². The Morgan fingerprint density at radius 2 is 1.95 bits per heavy atom. The number of rotatable bonds is 9. The summed E-state index contributed by atoms with van der Waals surface area (Å²) in [5, 5.41) is 3.28. The highest BCUT2D eigenvalue weighted by Crippen LogP contribution is 2.36. The number of morpholine rings is 1. The molecule has 0 aliphatic carbocycles. The molecule has 0 radical (unpaired) electrons. The lowest BCUT2D eigenvalue weighted by molar-refractivity contribution is -0.504. The summed E-state index contributed by atoms with van der Waals surface area (Å²) >= 11 is 0. The molecule has 220 valence electrons. The van der Waals surface area contributed by atoms with Crippen LogP contribution in [0.25, 0.3) is 22.6 Å². The molecule has 6 rings (SSSR count). The first-order chi connectivity index (χ1) is 20.5. The second kappa shape index (κ2) is 12.4. The molecule has 3 aliphatic rings. The molecule has 13 heteroatoms. The fourth-order valence-electron chi connectivity index (χ4n) is 5.10. The van der Waals surface area contributed by atoms with Gasteiger partial charge in [0.2, 0.25) is 18.1 Å². The summed E-state index contributed by atoms with van der Waals surface area (Å²) in [6, 6.07) is 7.89. The molecule has 5 heterocycles. The van der Waals surface area contributed by atoms with Crippen molar-refractivity contribution in [1.29, 1.82) is 0 Å². The predicted octanol–water partition coefficient (Wildman–Crippen LogP) is 2.51. The summed E-state index contributed by atoms with van der Waals surface area (Å²) in [6.45, 7) is 6.79. The standard InChI is InChI=1S/C29H34FN8O4/c1-29(27(39)38-13-15-40-16-14-38)17-41-26(42-18-29)25-35-23(20-3-5-21(30)6-4-20)24(36-25)22-7-9-33-28(34-22)32-8-2-11-37-12-10-31-19-37/h3-7,9-10,19,26H,2,8,11-18H2,1H3,(H,35,36)(H,32,33,34)/q+1. The molecule has 1 amide bonds. The van der Waals surface area contributed by atoms with Crippen LogP contribution in [0.1, 0.15) is 25.5 Å². The fourth-order valence-corrected chi connectivity index (χ4v) is 5.10. The Hall–Kier alpha value is -4.07. The zero-order valence-corrected chi connectivity index (χ0v) is 23.5. The van der Waals surface area contributed by atoms with Gasteiger partial charge in [0.1, 0.15) is 12.4 Å². The Labute approximate surface area is 242 Å². The number of aromatic amines is 1. The molecule has 0 unspecified atom stereocenters. The monoisotopic (exact) mass is 577 g/mol. The number of anilines is 1. The number of ether oxygens (including phenoxy) is 3. The summed E-state index contributed by atoms with van der Waals surface area (Å²) in [4.78, 5) is 36.3. The number of carbonyl (C=O) groups is 1. The second-order valence-corrected chi connectivity index (χ2v) is 10.8. The number of imidazole rings is 1. The van der Waals surface area contributed by atoms with Gasteiger partial charge in [0.25, 0.3) is 6.34 Å². The molecule has 2 fully saturated rings. The van der Waals surface area contributed by atoms with Gasteiger partial charge in [0.05, 0.1) is 55.5 Å². The van der Waals surface area contributed by atoms with Gasteiger partial charge in [-0.25, -0.2) is 19.3 Å². The molecule has 0 atom stereocenters. The van der Waals surface area contributed by atoms with Crippen LogP contribution in [0.3, 0.4) is 0 Å². The lowest BCUT2D eigenvalue weighted by Crippen LogP contribution is -2.53. The number of nitrogens with one attached hydrogen (secondary N) is 2. The van der Waals surface area contributed by atoms with E-state index in [4.69, 9.17) is 24.2 Å². The van der Waals surface area contributed by atoms with Gasteiger partial charge in [-0.3, -0.25) is 9.37 Å². The van der Waals surface area contributed by atoms with Gasteiger partial charge in [-0.2, -0.15) is 0 Å². The van der Waals surface area contributed by atoms with Gasteiger partial charge in [-0.1, -0.05) is 4.99 Å². The zero-order chi connectivity index (χ0) is 28.9. The molecular formula is C29H34FN8O4+. The number of carbonyl (C=O) groups excluding carboxylic acids is 1. The molecular weight excluding hydrogens is 543 g/mol. The molecule has 0 spiro atoms. The maximum Gasteiger partial charge on any atom is 0.281 e. The number of amides is 1. The highest BCUT2D eigenvalue weighted by atomic mass is 19.1. The SMILES string of the molecule is CC1(C(=O)N2CCOCC2)COC(c2nc(-c3ccc(F)cc3)c(-c3ccnc(NCCC[N+]4=CN=CC4)n3)[nH]2)OC1. The van der Waals surface area contributed by atoms with E-state index in [0.29, 0.717) is 67.3 Å². The lowest BCUT2D eigenvalue weighted by atomic mass is 9.90. The van der Waals surface area contributed by atoms with Crippen LogP contribution < -0.4 is 5.32 Å². The molecule has 3 aliphatic heterocycles. The van der Waals surface area contributed by atoms with Gasteiger partial charge in [0, 0.05) is 37.8 Å². The van der Waals surface area contributed by atoms with E-state index in [2.05, 4.69) is 24.9 Å². The van der Waals surface area contributed by atoms with E-state index in [1.54, 1.807) is 29.3 Å². The summed E-state index contributed by atoms with van der Waals surface area (Å²) in [7, 11) is 0. The summed E-state index contributed by atoms with van der Waals surface area (Å²) in [5.41, 5.74) is 1.69. The number of halogens is 1. The third-order valence-electron chi connectivity index (χ3n) is 7.45. The van der Waals surface area contributed by atoms with Gasteiger partial charge in [-0.15, -0.1) is 0 Å². The van der Waals surface area contributed by atoms with E-state index in [9.17, 15) is 9.18 Å². The van der Waals surface area contributed by atoms with Crippen LogP contribution in [0.4, 0.5) is 10.3 Å². The van der Waals surface area contributed by atoms with Crippen molar-refractivity contribution in [3.05, 3.63) is 48.2 Å². The topological polar surface area (TPSA) is 130 Å². The number of aliphatic imine (C=N–C) groups is 1. The predicted molar refractivity (Wildman–Crippen MR) is 153 cm³/mol. The molecule has 3 aromatic rings. The van der Waals surface area contributed by atoms with Crippen LogP contribution in [-0.2, 0) is 19.0 Å². The molecule has 2 aromatic heterocycles. The number of hydrogen-bond acceptors (Lipinski definition) is 9. The minimum absolute atomic E-state index is 0.00991. The van der Waals surface area contributed by atoms with Crippen molar-refractivity contribution in [2.24, 2.45) is 10.4 Å². The molecule has 12 nitrogen and oxygen atoms in total. The van der Waals surface area contributed by atoms with Crippen molar-refractivity contribution in [2.45, 2.75) is 19.6 Å². The average Bonchev–Trinajstić information content (AvgIpc) is 3.71. The smallest absolute Gasteiger partial charge is 0.281 e. The van der Waals surface area contributed by atoms with Crippen molar-refractivity contribution < 1.29 is 28.0 Å². The Morgan fingerprint density at radius 1 is 1.17 bits per heavy atom. The van der Waals surface area contributed by atoms with E-state index in [-0.39, 0.29) is 24.9 Å². The molecule has 2 saturated heterocycles. The Balaban J connectivity index is 1.19. The van der Waals surface area contributed by atoms with E-state index in [1.165, 1.54) is 12.1 Å². The quantitative estimate of drug-likeness (QED) is 0.293. The van der Waals surface area contributed by atoms with Crippen LogP contribution in [-0.4, -0.2) is 107 Å².